The van der Waals surface area contributed by atoms with Gasteiger partial charge in [0.15, 0.2) is 0 Å². The van der Waals surface area contributed by atoms with E-state index in [4.69, 9.17) is 0 Å². The van der Waals surface area contributed by atoms with Crippen LogP contribution in [0.25, 0.3) is 65.7 Å². The standard InChI is InChI=1S/C56H37N/c1-36-33-38(37-15-3-2-4-16-37)27-32-55(36)57(39-28-30-45-43-19-6-5-17-41(43)42-18-7-8-20-44(42)50(45)34-39)40-29-31-49-48-23-11-14-26-53(48)56(54(49)35-40)51-24-12-9-21-46(51)47-22-10-13-25-52(47)56/h2-35H,1H3. The topological polar surface area (TPSA) is 3.24 Å². The average Bonchev–Trinajstić information content (AvgIpc) is 3.74. The largest absolute Gasteiger partial charge is 0.310 e. The van der Waals surface area contributed by atoms with Crippen LogP contribution in [-0.4, -0.2) is 0 Å². The molecule has 0 aromatic heterocycles. The second kappa shape index (κ2) is 12.1. The van der Waals surface area contributed by atoms with Gasteiger partial charge in [0.25, 0.3) is 0 Å². The van der Waals surface area contributed by atoms with Crippen molar-refractivity contribution in [3.63, 3.8) is 0 Å². The summed E-state index contributed by atoms with van der Waals surface area (Å²) in [6.45, 7) is 2.26. The van der Waals surface area contributed by atoms with Crippen molar-refractivity contribution >= 4 is 49.4 Å². The van der Waals surface area contributed by atoms with Crippen molar-refractivity contribution in [3.05, 3.63) is 234 Å². The van der Waals surface area contributed by atoms with Crippen LogP contribution in [-0.2, 0) is 5.41 Å². The molecule has 0 aliphatic heterocycles. The third-order valence-corrected chi connectivity index (χ3v) is 12.8. The number of fused-ring (bicyclic) bond motifs is 16. The Bertz CT molecular complexity index is 3160. The lowest BCUT2D eigenvalue weighted by molar-refractivity contribution is 0.793. The fraction of sp³-hybridized carbons (Fsp3) is 0.0357. The van der Waals surface area contributed by atoms with Crippen molar-refractivity contribution in [3.8, 4) is 33.4 Å². The van der Waals surface area contributed by atoms with Crippen LogP contribution >= 0.6 is 0 Å². The SMILES string of the molecule is Cc1cc(-c2ccccc2)ccc1N(c1ccc2c(c1)C1(c3ccccc3-c3ccccc31)c1ccccc1-2)c1ccc2c3ccccc3c3ccccc3c2c1. The number of benzene rings is 10. The first kappa shape index (κ1) is 32.1. The van der Waals surface area contributed by atoms with E-state index < -0.39 is 5.41 Å². The van der Waals surface area contributed by atoms with E-state index in [1.807, 2.05) is 0 Å². The maximum Gasteiger partial charge on any atom is 0.0726 e. The normalized spacial score (nSPS) is 13.1. The molecule has 12 rings (SSSR count). The van der Waals surface area contributed by atoms with Crippen molar-refractivity contribution in [2.75, 3.05) is 4.90 Å². The van der Waals surface area contributed by atoms with Gasteiger partial charge in [-0.15, -0.1) is 0 Å². The van der Waals surface area contributed by atoms with Gasteiger partial charge in [-0.1, -0.05) is 170 Å². The van der Waals surface area contributed by atoms with Crippen LogP contribution in [0.3, 0.4) is 0 Å². The molecule has 0 saturated heterocycles. The molecule has 0 heterocycles. The summed E-state index contributed by atoms with van der Waals surface area (Å²) in [5.74, 6) is 0. The lowest BCUT2D eigenvalue weighted by Gasteiger charge is -2.32. The highest BCUT2D eigenvalue weighted by Gasteiger charge is 2.51. The second-order valence-corrected chi connectivity index (χ2v) is 15.6. The molecule has 0 amide bonds. The van der Waals surface area contributed by atoms with E-state index in [1.54, 1.807) is 0 Å². The highest BCUT2D eigenvalue weighted by atomic mass is 15.1. The van der Waals surface area contributed by atoms with Gasteiger partial charge in [0, 0.05) is 17.1 Å². The minimum atomic E-state index is -0.425. The minimum absolute atomic E-state index is 0.425. The van der Waals surface area contributed by atoms with Gasteiger partial charge in [-0.3, -0.25) is 0 Å². The minimum Gasteiger partial charge on any atom is -0.310 e. The van der Waals surface area contributed by atoms with E-state index in [1.165, 1.54) is 93.5 Å². The Morgan fingerprint density at radius 3 is 1.35 bits per heavy atom. The van der Waals surface area contributed by atoms with Crippen LogP contribution in [0.1, 0.15) is 27.8 Å². The molecule has 2 aliphatic rings. The number of hydrogen-bond donors (Lipinski definition) is 0. The van der Waals surface area contributed by atoms with Gasteiger partial charge in [0.1, 0.15) is 0 Å². The highest BCUT2D eigenvalue weighted by Crippen LogP contribution is 2.63. The summed E-state index contributed by atoms with van der Waals surface area (Å²) in [6.07, 6.45) is 0. The van der Waals surface area contributed by atoms with E-state index in [2.05, 4.69) is 218 Å². The molecule has 10 aromatic rings. The molecule has 1 nitrogen and oxygen atoms in total. The maximum atomic E-state index is 2.50. The van der Waals surface area contributed by atoms with E-state index in [9.17, 15) is 0 Å². The monoisotopic (exact) mass is 723 g/mol. The molecule has 1 heteroatoms. The molecule has 0 unspecified atom stereocenters. The van der Waals surface area contributed by atoms with Gasteiger partial charge in [-0.25, -0.2) is 0 Å². The fourth-order valence-corrected chi connectivity index (χ4v) is 10.4. The van der Waals surface area contributed by atoms with Crippen LogP contribution in [0.15, 0.2) is 206 Å². The molecule has 2 aliphatic carbocycles. The molecule has 0 radical (unpaired) electrons. The third-order valence-electron chi connectivity index (χ3n) is 12.8. The molecule has 0 saturated carbocycles. The first-order valence-electron chi connectivity index (χ1n) is 19.9. The molecular formula is C56H37N. The van der Waals surface area contributed by atoms with E-state index in [0.717, 1.165) is 17.1 Å². The summed E-state index contributed by atoms with van der Waals surface area (Å²) in [5, 5.41) is 7.65. The number of anilines is 3. The van der Waals surface area contributed by atoms with E-state index in [0.29, 0.717) is 0 Å². The van der Waals surface area contributed by atoms with Crippen molar-refractivity contribution in [2.45, 2.75) is 12.3 Å². The van der Waals surface area contributed by atoms with Crippen molar-refractivity contribution in [1.29, 1.82) is 0 Å². The van der Waals surface area contributed by atoms with Crippen LogP contribution in [0.5, 0.6) is 0 Å². The van der Waals surface area contributed by atoms with Gasteiger partial charge in [-0.2, -0.15) is 0 Å². The van der Waals surface area contributed by atoms with Gasteiger partial charge in [0.2, 0.25) is 0 Å². The number of hydrogen-bond acceptors (Lipinski definition) is 1. The van der Waals surface area contributed by atoms with Crippen LogP contribution in [0, 0.1) is 6.92 Å². The zero-order valence-corrected chi connectivity index (χ0v) is 31.6. The summed E-state index contributed by atoms with van der Waals surface area (Å²) in [6, 6.07) is 76.9. The molecule has 0 fully saturated rings. The second-order valence-electron chi connectivity index (χ2n) is 15.6. The summed E-state index contributed by atoms with van der Waals surface area (Å²) < 4.78 is 0. The van der Waals surface area contributed by atoms with Gasteiger partial charge < -0.3 is 4.90 Å². The highest BCUT2D eigenvalue weighted by molar-refractivity contribution is 6.25. The Kier molecular flexibility index (Phi) is 6.83. The van der Waals surface area contributed by atoms with E-state index >= 15 is 0 Å². The Morgan fingerprint density at radius 2 is 0.772 bits per heavy atom. The first-order chi connectivity index (χ1) is 28.2. The summed E-state index contributed by atoms with van der Waals surface area (Å²) in [4.78, 5) is 2.50. The Balaban J connectivity index is 1.14. The lowest BCUT2D eigenvalue weighted by Crippen LogP contribution is -2.26. The molecule has 0 bridgehead atoms. The Hall–Kier alpha value is -7.22. The molecule has 1 spiro atoms. The summed E-state index contributed by atoms with van der Waals surface area (Å²) in [7, 11) is 0. The van der Waals surface area contributed by atoms with Crippen molar-refractivity contribution < 1.29 is 0 Å². The fourth-order valence-electron chi connectivity index (χ4n) is 10.4. The number of nitrogens with zero attached hydrogens (tertiary/aromatic N) is 1. The smallest absolute Gasteiger partial charge is 0.0726 e. The predicted octanol–water partition coefficient (Wildman–Crippen LogP) is 14.9. The molecule has 0 N–H and O–H groups in total. The summed E-state index contributed by atoms with van der Waals surface area (Å²) in [5.41, 5.74) is 17.3. The Labute approximate surface area is 332 Å². The van der Waals surface area contributed by atoms with Crippen LogP contribution in [0.2, 0.25) is 0 Å². The quantitative estimate of drug-likeness (QED) is 0.163. The first-order valence-corrected chi connectivity index (χ1v) is 19.9. The molecule has 10 aromatic carbocycles. The molecule has 266 valence electrons. The zero-order chi connectivity index (χ0) is 37.7. The van der Waals surface area contributed by atoms with Crippen LogP contribution < -0.4 is 4.90 Å². The average molecular weight is 724 g/mol. The van der Waals surface area contributed by atoms with Crippen molar-refractivity contribution in [2.24, 2.45) is 0 Å². The van der Waals surface area contributed by atoms with Crippen molar-refractivity contribution in [1.82, 2.24) is 0 Å². The van der Waals surface area contributed by atoms with Crippen LogP contribution in [0.4, 0.5) is 17.1 Å². The third kappa shape index (κ3) is 4.46. The molecule has 57 heavy (non-hydrogen) atoms. The maximum absolute atomic E-state index is 2.50. The Morgan fingerprint density at radius 1 is 0.316 bits per heavy atom. The summed E-state index contributed by atoms with van der Waals surface area (Å²) >= 11 is 0. The number of rotatable bonds is 4. The zero-order valence-electron chi connectivity index (χ0n) is 31.6. The van der Waals surface area contributed by atoms with Gasteiger partial charge in [-0.05, 0) is 137 Å². The lowest BCUT2D eigenvalue weighted by atomic mass is 9.70. The number of aryl methyl sites for hydroxylation is 1. The van der Waals surface area contributed by atoms with E-state index in [-0.39, 0.29) is 0 Å². The molecular weight excluding hydrogens is 687 g/mol. The predicted molar refractivity (Wildman–Crippen MR) is 240 cm³/mol. The van der Waals surface area contributed by atoms with Gasteiger partial charge >= 0.3 is 0 Å². The molecule has 0 atom stereocenters. The van der Waals surface area contributed by atoms with Gasteiger partial charge in [0.05, 0.1) is 5.41 Å².